The second-order valence-electron chi connectivity index (χ2n) is 6.14. The van der Waals surface area contributed by atoms with Crippen molar-refractivity contribution >= 4 is 21.6 Å². The van der Waals surface area contributed by atoms with Crippen LogP contribution in [0.5, 0.6) is 0 Å². The Kier molecular flexibility index (Phi) is 5.41. The third-order valence-electron chi connectivity index (χ3n) is 4.10. The Hall–Kier alpha value is -2.21. The van der Waals surface area contributed by atoms with Crippen LogP contribution < -0.4 is 4.72 Å². The largest absolute Gasteiger partial charge is 0.263 e. The van der Waals surface area contributed by atoms with Crippen LogP contribution in [-0.4, -0.2) is 13.4 Å². The fourth-order valence-corrected chi connectivity index (χ4v) is 4.30. The molecular weight excluding hydrogens is 368 g/mol. The maximum absolute atomic E-state index is 12.6. The molecule has 0 saturated carbocycles. The average molecular weight is 387 g/mol. The highest BCUT2D eigenvalue weighted by atomic mass is 35.5. The Labute approximate surface area is 158 Å². The summed E-state index contributed by atoms with van der Waals surface area (Å²) >= 11 is 6.22. The number of nitrogens with one attached hydrogen (secondary N) is 1. The zero-order valence-electron chi connectivity index (χ0n) is 14.5. The lowest BCUT2D eigenvalue weighted by molar-refractivity contribution is 0.567. The van der Waals surface area contributed by atoms with Gasteiger partial charge >= 0.3 is 0 Å². The molecule has 1 aromatic heterocycles. The Morgan fingerprint density at radius 3 is 2.58 bits per heavy atom. The molecule has 0 radical (unpaired) electrons. The van der Waals surface area contributed by atoms with Gasteiger partial charge in [0.15, 0.2) is 0 Å². The second kappa shape index (κ2) is 7.58. The van der Waals surface area contributed by atoms with Crippen LogP contribution in [0.4, 0.5) is 0 Å². The highest BCUT2D eigenvalue weighted by Gasteiger charge is 2.19. The maximum atomic E-state index is 12.6. The molecule has 1 N–H and O–H groups in total. The molecule has 134 valence electrons. The third-order valence-corrected chi connectivity index (χ3v) is 5.94. The summed E-state index contributed by atoms with van der Waals surface area (Å²) in [5, 5.41) is 0.553. The Morgan fingerprint density at radius 1 is 1.08 bits per heavy atom. The second-order valence-corrected chi connectivity index (χ2v) is 8.26. The van der Waals surface area contributed by atoms with E-state index in [2.05, 4.69) is 9.71 Å². The number of halogens is 1. The van der Waals surface area contributed by atoms with Crippen LogP contribution in [0.25, 0.3) is 11.1 Å². The van der Waals surface area contributed by atoms with Gasteiger partial charge in [-0.05, 0) is 54.8 Å². The predicted molar refractivity (Wildman–Crippen MR) is 105 cm³/mol. The number of hydrogen-bond acceptors (Lipinski definition) is 3. The van der Waals surface area contributed by atoms with Crippen molar-refractivity contribution in [3.63, 3.8) is 0 Å². The molecule has 1 heterocycles. The number of aromatic nitrogens is 1. The Morgan fingerprint density at radius 2 is 1.85 bits per heavy atom. The van der Waals surface area contributed by atoms with E-state index in [0.717, 1.165) is 22.3 Å². The summed E-state index contributed by atoms with van der Waals surface area (Å²) in [5.74, 6) is 0. The number of nitrogens with zero attached hydrogens (tertiary/aromatic N) is 1. The lowest BCUT2D eigenvalue weighted by Gasteiger charge is -2.16. The summed E-state index contributed by atoms with van der Waals surface area (Å²) in [6.45, 7) is 3.69. The molecule has 4 nitrogen and oxygen atoms in total. The summed E-state index contributed by atoms with van der Waals surface area (Å²) in [5.41, 5.74) is 3.52. The van der Waals surface area contributed by atoms with Crippen LogP contribution in [-0.2, 0) is 10.0 Å². The highest BCUT2D eigenvalue weighted by molar-refractivity contribution is 7.89. The van der Waals surface area contributed by atoms with Gasteiger partial charge in [-0.3, -0.25) is 4.98 Å². The normalized spacial score (nSPS) is 12.7. The molecule has 3 aromatic rings. The van der Waals surface area contributed by atoms with E-state index in [4.69, 9.17) is 11.6 Å². The minimum atomic E-state index is -3.60. The van der Waals surface area contributed by atoms with Crippen molar-refractivity contribution in [1.82, 2.24) is 9.71 Å². The van der Waals surface area contributed by atoms with E-state index >= 15 is 0 Å². The van der Waals surface area contributed by atoms with Gasteiger partial charge < -0.3 is 0 Å². The van der Waals surface area contributed by atoms with E-state index in [1.807, 2.05) is 50.2 Å². The summed E-state index contributed by atoms with van der Waals surface area (Å²) in [6, 6.07) is 15.9. The van der Waals surface area contributed by atoms with Crippen LogP contribution in [0.2, 0.25) is 5.02 Å². The van der Waals surface area contributed by atoms with Crippen molar-refractivity contribution in [2.75, 3.05) is 0 Å². The first-order valence-electron chi connectivity index (χ1n) is 8.16. The van der Waals surface area contributed by atoms with E-state index in [1.165, 1.54) is 0 Å². The third kappa shape index (κ3) is 4.12. The van der Waals surface area contributed by atoms with Gasteiger partial charge in [-0.25, -0.2) is 13.1 Å². The Balaban J connectivity index is 1.88. The summed E-state index contributed by atoms with van der Waals surface area (Å²) in [7, 11) is -3.60. The zero-order valence-corrected chi connectivity index (χ0v) is 16.1. The average Bonchev–Trinajstić information content (AvgIpc) is 2.62. The first-order chi connectivity index (χ1) is 12.4. The van der Waals surface area contributed by atoms with Gasteiger partial charge in [-0.1, -0.05) is 41.9 Å². The number of sulfonamides is 1. The lowest BCUT2D eigenvalue weighted by Crippen LogP contribution is -2.27. The van der Waals surface area contributed by atoms with E-state index in [-0.39, 0.29) is 10.9 Å². The van der Waals surface area contributed by atoms with Gasteiger partial charge in [0.25, 0.3) is 0 Å². The topological polar surface area (TPSA) is 59.1 Å². The van der Waals surface area contributed by atoms with Gasteiger partial charge in [0.2, 0.25) is 10.0 Å². The molecule has 0 aliphatic carbocycles. The Bertz CT molecular complexity index is 1040. The predicted octanol–water partition coefficient (Wildman–Crippen LogP) is 4.75. The standard InChI is InChI=1S/C20H19ClN2O2S/c1-14-5-3-8-18(11-14)26(24,25)23-15(2)16-6-4-7-17(12-16)19-9-10-22-13-20(19)21/h3-13,15,23H,1-2H3/t15-/m0/s1. The molecule has 0 amide bonds. The number of aryl methyl sites for hydroxylation is 1. The first-order valence-corrected chi connectivity index (χ1v) is 10.0. The zero-order chi connectivity index (χ0) is 18.7. The van der Waals surface area contributed by atoms with E-state index < -0.39 is 10.0 Å². The molecule has 0 saturated heterocycles. The molecule has 0 bridgehead atoms. The first kappa shape index (κ1) is 18.6. The number of rotatable bonds is 5. The SMILES string of the molecule is Cc1cccc(S(=O)(=O)N[C@@H](C)c2cccc(-c3ccncc3Cl)c2)c1. The fraction of sp³-hybridized carbons (Fsp3) is 0.150. The van der Waals surface area contributed by atoms with Crippen molar-refractivity contribution in [3.8, 4) is 11.1 Å². The molecule has 0 spiro atoms. The van der Waals surface area contributed by atoms with Crippen LogP contribution in [0.15, 0.2) is 71.9 Å². The van der Waals surface area contributed by atoms with Crippen molar-refractivity contribution in [3.05, 3.63) is 83.1 Å². The van der Waals surface area contributed by atoms with E-state index in [1.54, 1.807) is 30.6 Å². The van der Waals surface area contributed by atoms with E-state index in [9.17, 15) is 8.42 Å². The molecule has 0 aliphatic rings. The lowest BCUT2D eigenvalue weighted by atomic mass is 10.0. The van der Waals surface area contributed by atoms with Crippen LogP contribution in [0, 0.1) is 6.92 Å². The molecule has 1 atom stereocenters. The van der Waals surface area contributed by atoms with Crippen LogP contribution >= 0.6 is 11.6 Å². The van der Waals surface area contributed by atoms with Crippen LogP contribution in [0.1, 0.15) is 24.1 Å². The molecule has 6 heteroatoms. The molecule has 0 fully saturated rings. The number of pyridine rings is 1. The minimum Gasteiger partial charge on any atom is -0.263 e. The van der Waals surface area contributed by atoms with Crippen molar-refractivity contribution in [1.29, 1.82) is 0 Å². The molecule has 0 aliphatic heterocycles. The summed E-state index contributed by atoms with van der Waals surface area (Å²) < 4.78 is 28.0. The molecular formula is C20H19ClN2O2S. The molecule has 0 unspecified atom stereocenters. The smallest absolute Gasteiger partial charge is 0.241 e. The van der Waals surface area contributed by atoms with Crippen molar-refractivity contribution in [2.24, 2.45) is 0 Å². The van der Waals surface area contributed by atoms with E-state index in [0.29, 0.717) is 5.02 Å². The van der Waals surface area contributed by atoms with Crippen LogP contribution in [0.3, 0.4) is 0 Å². The van der Waals surface area contributed by atoms with Crippen molar-refractivity contribution < 1.29 is 8.42 Å². The minimum absolute atomic E-state index is 0.262. The quantitative estimate of drug-likeness (QED) is 0.688. The monoisotopic (exact) mass is 386 g/mol. The molecule has 2 aromatic carbocycles. The molecule has 26 heavy (non-hydrogen) atoms. The van der Waals surface area contributed by atoms with Gasteiger partial charge in [-0.2, -0.15) is 0 Å². The van der Waals surface area contributed by atoms with Gasteiger partial charge in [0.05, 0.1) is 9.92 Å². The number of benzene rings is 2. The number of hydrogen-bond donors (Lipinski definition) is 1. The van der Waals surface area contributed by atoms with Gasteiger partial charge in [0.1, 0.15) is 0 Å². The maximum Gasteiger partial charge on any atom is 0.241 e. The highest BCUT2D eigenvalue weighted by Crippen LogP contribution is 2.29. The van der Waals surface area contributed by atoms with Crippen molar-refractivity contribution in [2.45, 2.75) is 24.8 Å². The van der Waals surface area contributed by atoms with Gasteiger partial charge in [-0.15, -0.1) is 0 Å². The molecule has 3 rings (SSSR count). The fourth-order valence-electron chi connectivity index (χ4n) is 2.74. The summed E-state index contributed by atoms with van der Waals surface area (Å²) in [4.78, 5) is 4.26. The van der Waals surface area contributed by atoms with Gasteiger partial charge in [0, 0.05) is 24.0 Å². The summed E-state index contributed by atoms with van der Waals surface area (Å²) in [6.07, 6.45) is 3.27.